The molecule has 170 valence electrons. The molecule has 5 heterocycles. The highest BCUT2D eigenvalue weighted by Gasteiger charge is 2.56. The molecule has 6 rings (SSSR count). The minimum atomic E-state index is -0.923. The van der Waals surface area contributed by atoms with E-state index < -0.39 is 17.2 Å². The molecule has 0 N–H and O–H groups in total. The number of aromatic nitrogens is 2. The molecule has 0 radical (unpaired) electrons. The normalized spacial score (nSPS) is 18.8. The second kappa shape index (κ2) is 7.54. The lowest BCUT2D eigenvalue weighted by molar-refractivity contribution is -0.126. The summed E-state index contributed by atoms with van der Waals surface area (Å²) in [6.45, 7) is 4.71. The summed E-state index contributed by atoms with van der Waals surface area (Å²) in [5.41, 5.74) is 2.27. The highest BCUT2D eigenvalue weighted by atomic mass is 32.1. The number of hydrogen-bond donors (Lipinski definition) is 0. The topological polar surface area (TPSA) is 67.8 Å². The van der Waals surface area contributed by atoms with E-state index in [1.54, 1.807) is 11.1 Å². The molecule has 7 nitrogen and oxygen atoms in total. The van der Waals surface area contributed by atoms with Crippen LogP contribution in [-0.4, -0.2) is 53.9 Å². The fourth-order valence-corrected chi connectivity index (χ4v) is 5.88. The van der Waals surface area contributed by atoms with Gasteiger partial charge in [-0.2, -0.15) is 0 Å². The van der Waals surface area contributed by atoms with E-state index in [1.165, 1.54) is 17.4 Å². The van der Waals surface area contributed by atoms with Crippen LogP contribution in [0.5, 0.6) is 0 Å². The number of anilines is 1. The third kappa shape index (κ3) is 3.16. The monoisotopic (exact) mass is 470 g/mol. The fraction of sp³-hybridized carbons (Fsp3) is 0.348. The molecule has 10 heteroatoms. The van der Waals surface area contributed by atoms with Crippen LogP contribution < -0.4 is 4.90 Å². The van der Waals surface area contributed by atoms with Crippen LogP contribution in [0.2, 0.25) is 0 Å². The van der Waals surface area contributed by atoms with Crippen LogP contribution in [0.1, 0.15) is 26.4 Å². The largest absolute Gasteiger partial charge is 0.376 e. The number of aryl methyl sites for hydroxylation is 1. The maximum Gasteiger partial charge on any atom is 0.256 e. The first kappa shape index (κ1) is 20.6. The third-order valence-electron chi connectivity index (χ3n) is 6.38. The lowest BCUT2D eigenvalue weighted by Crippen LogP contribution is -2.56. The quantitative estimate of drug-likeness (QED) is 0.582. The first-order valence-electron chi connectivity index (χ1n) is 10.6. The molecule has 1 amide bonds. The minimum Gasteiger partial charge on any atom is -0.376 e. The molecule has 1 aromatic carbocycles. The van der Waals surface area contributed by atoms with Gasteiger partial charge < -0.3 is 19.3 Å². The van der Waals surface area contributed by atoms with Gasteiger partial charge in [-0.1, -0.05) is 6.07 Å². The molecular weight excluding hydrogens is 450 g/mol. The molecule has 2 aromatic heterocycles. The number of hydrogen-bond acceptors (Lipinski definition) is 7. The zero-order chi connectivity index (χ0) is 22.7. The van der Waals surface area contributed by atoms with Gasteiger partial charge in [-0.05, 0) is 36.2 Å². The average molecular weight is 471 g/mol. The Morgan fingerprint density at radius 3 is 2.73 bits per heavy atom. The van der Waals surface area contributed by atoms with Crippen molar-refractivity contribution >= 4 is 23.2 Å². The standard InChI is InChI=1S/C23H20F2N4O3S/c1-13-8-26-22(28-4-5-31-12-28)27-19(13)18-7-15-20(33-18)23(10-32-11-23)29(21(15)30)9-14-2-3-16(24)17(25)6-14/h2-3,6-8H,4-5,9-12H2,1H3. The highest BCUT2D eigenvalue weighted by Crippen LogP contribution is 2.50. The van der Waals surface area contributed by atoms with E-state index in [0.29, 0.717) is 43.6 Å². The highest BCUT2D eigenvalue weighted by molar-refractivity contribution is 7.16. The van der Waals surface area contributed by atoms with Gasteiger partial charge in [0.15, 0.2) is 11.6 Å². The van der Waals surface area contributed by atoms with Crippen molar-refractivity contribution in [3.8, 4) is 10.6 Å². The van der Waals surface area contributed by atoms with Crippen molar-refractivity contribution in [3.05, 3.63) is 63.7 Å². The van der Waals surface area contributed by atoms with Crippen molar-refractivity contribution in [2.75, 3.05) is 38.0 Å². The zero-order valence-electron chi connectivity index (χ0n) is 17.8. The maximum atomic E-state index is 13.7. The Balaban J connectivity index is 1.35. The summed E-state index contributed by atoms with van der Waals surface area (Å²) in [5.74, 6) is -1.36. The molecule has 33 heavy (non-hydrogen) atoms. The summed E-state index contributed by atoms with van der Waals surface area (Å²) in [6.07, 6.45) is 1.79. The van der Waals surface area contributed by atoms with Crippen LogP contribution in [-0.2, 0) is 21.6 Å². The van der Waals surface area contributed by atoms with Gasteiger partial charge in [0, 0.05) is 24.2 Å². The van der Waals surface area contributed by atoms with Gasteiger partial charge in [0.2, 0.25) is 5.95 Å². The first-order valence-corrected chi connectivity index (χ1v) is 11.4. The molecule has 3 aliphatic heterocycles. The van der Waals surface area contributed by atoms with Crippen LogP contribution in [0.3, 0.4) is 0 Å². The molecular formula is C23H20F2N4O3S. The molecule has 2 saturated heterocycles. The Kier molecular flexibility index (Phi) is 4.72. The number of fused-ring (bicyclic) bond motifs is 2. The van der Waals surface area contributed by atoms with Crippen LogP contribution in [0.25, 0.3) is 10.6 Å². The number of thiophene rings is 1. The van der Waals surface area contributed by atoms with E-state index in [4.69, 9.17) is 14.5 Å². The van der Waals surface area contributed by atoms with E-state index in [0.717, 1.165) is 39.7 Å². The molecule has 1 spiro atoms. The van der Waals surface area contributed by atoms with E-state index in [9.17, 15) is 13.6 Å². The molecule has 3 aromatic rings. The zero-order valence-corrected chi connectivity index (χ0v) is 18.6. The van der Waals surface area contributed by atoms with E-state index in [1.807, 2.05) is 17.9 Å². The SMILES string of the molecule is Cc1cnc(N2CCOC2)nc1-c1cc2c(s1)C1(COC1)N(Cc1ccc(F)c(F)c1)C2=O. The molecule has 2 fully saturated rings. The van der Waals surface area contributed by atoms with Crippen LogP contribution in [0.15, 0.2) is 30.5 Å². The molecule has 0 atom stereocenters. The summed E-state index contributed by atoms with van der Waals surface area (Å²) < 4.78 is 38.0. The van der Waals surface area contributed by atoms with E-state index in [2.05, 4.69) is 4.98 Å². The number of nitrogens with zero attached hydrogens (tertiary/aromatic N) is 4. The van der Waals surface area contributed by atoms with Crippen LogP contribution in [0, 0.1) is 18.6 Å². The lowest BCUT2D eigenvalue weighted by Gasteiger charge is -2.45. The first-order chi connectivity index (χ1) is 16.0. The van der Waals surface area contributed by atoms with Gasteiger partial charge in [-0.25, -0.2) is 18.7 Å². The minimum absolute atomic E-state index is 0.139. The van der Waals surface area contributed by atoms with Gasteiger partial charge in [-0.15, -0.1) is 11.3 Å². The molecule has 0 aliphatic carbocycles. The summed E-state index contributed by atoms with van der Waals surface area (Å²) in [5, 5.41) is 0. The number of carbonyl (C=O) groups is 1. The Hall–Kier alpha value is -2.95. The number of benzene rings is 1. The lowest BCUT2D eigenvalue weighted by atomic mass is 9.94. The second-order valence-corrected chi connectivity index (χ2v) is 9.57. The Morgan fingerprint density at radius 1 is 1.18 bits per heavy atom. The number of rotatable bonds is 4. The third-order valence-corrected chi connectivity index (χ3v) is 7.72. The van der Waals surface area contributed by atoms with E-state index in [-0.39, 0.29) is 12.5 Å². The number of carbonyl (C=O) groups excluding carboxylic acids is 1. The summed E-state index contributed by atoms with van der Waals surface area (Å²) in [7, 11) is 0. The Bertz CT molecular complexity index is 1270. The smallest absolute Gasteiger partial charge is 0.256 e. The predicted molar refractivity (Wildman–Crippen MR) is 117 cm³/mol. The van der Waals surface area contributed by atoms with Crippen molar-refractivity contribution < 1.29 is 23.0 Å². The van der Waals surface area contributed by atoms with Crippen LogP contribution in [0.4, 0.5) is 14.7 Å². The predicted octanol–water partition coefficient (Wildman–Crippen LogP) is 3.47. The van der Waals surface area contributed by atoms with Gasteiger partial charge >= 0.3 is 0 Å². The van der Waals surface area contributed by atoms with Gasteiger partial charge in [0.25, 0.3) is 5.91 Å². The van der Waals surface area contributed by atoms with Crippen molar-refractivity contribution in [1.82, 2.24) is 14.9 Å². The summed E-state index contributed by atoms with van der Waals surface area (Å²) in [4.78, 5) is 28.1. The van der Waals surface area contributed by atoms with Gasteiger partial charge in [0.05, 0.1) is 36.0 Å². The summed E-state index contributed by atoms with van der Waals surface area (Å²) in [6, 6.07) is 5.61. The van der Waals surface area contributed by atoms with Crippen molar-refractivity contribution in [2.24, 2.45) is 0 Å². The van der Waals surface area contributed by atoms with Gasteiger partial charge in [0.1, 0.15) is 12.3 Å². The fourth-order valence-electron chi connectivity index (χ4n) is 4.51. The Morgan fingerprint density at radius 2 is 2.03 bits per heavy atom. The number of halogens is 2. The second-order valence-electron chi connectivity index (χ2n) is 8.52. The molecule has 0 bridgehead atoms. The van der Waals surface area contributed by atoms with Gasteiger partial charge in [-0.3, -0.25) is 4.79 Å². The Labute approximate surface area is 192 Å². The van der Waals surface area contributed by atoms with Crippen LogP contribution >= 0.6 is 11.3 Å². The molecule has 0 saturated carbocycles. The maximum absolute atomic E-state index is 13.7. The molecule has 3 aliphatic rings. The van der Waals surface area contributed by atoms with Crippen molar-refractivity contribution in [3.63, 3.8) is 0 Å². The number of amides is 1. The molecule has 0 unspecified atom stereocenters. The van der Waals surface area contributed by atoms with E-state index >= 15 is 0 Å². The summed E-state index contributed by atoms with van der Waals surface area (Å²) >= 11 is 1.53. The number of ether oxygens (including phenoxy) is 2. The average Bonchev–Trinajstić information content (AvgIpc) is 3.49. The van der Waals surface area contributed by atoms with Crippen molar-refractivity contribution in [2.45, 2.75) is 19.0 Å². The van der Waals surface area contributed by atoms with Crippen molar-refractivity contribution in [1.29, 1.82) is 0 Å².